The average molecular weight is 273 g/mol. The van der Waals surface area contributed by atoms with Crippen LogP contribution in [-0.2, 0) is 4.79 Å². The number of anilines is 1. The Morgan fingerprint density at radius 2 is 1.85 bits per heavy atom. The van der Waals surface area contributed by atoms with Crippen LogP contribution in [0.4, 0.5) is 5.69 Å². The van der Waals surface area contributed by atoms with E-state index in [1.165, 1.54) is 0 Å². The lowest BCUT2D eigenvalue weighted by Gasteiger charge is -2.36. The van der Waals surface area contributed by atoms with E-state index in [1.807, 2.05) is 24.3 Å². The zero-order valence-electron chi connectivity index (χ0n) is 11.5. The number of nitrogens with zero attached hydrogens (tertiary/aromatic N) is 3. The van der Waals surface area contributed by atoms with Crippen molar-refractivity contribution in [2.75, 3.05) is 37.6 Å². The molecular formula is C15H19N3O2. The molecule has 0 amide bonds. The van der Waals surface area contributed by atoms with E-state index in [1.54, 1.807) is 0 Å². The number of piperazine rings is 1. The molecule has 0 atom stereocenters. The quantitative estimate of drug-likeness (QED) is 0.881. The highest BCUT2D eigenvalue weighted by atomic mass is 16.4. The van der Waals surface area contributed by atoms with Crippen LogP contribution in [0, 0.1) is 11.3 Å². The van der Waals surface area contributed by atoms with Gasteiger partial charge in [0.05, 0.1) is 11.6 Å². The van der Waals surface area contributed by atoms with Crippen molar-refractivity contribution in [1.29, 1.82) is 5.26 Å². The Morgan fingerprint density at radius 1 is 1.20 bits per heavy atom. The summed E-state index contributed by atoms with van der Waals surface area (Å²) < 4.78 is 0. The van der Waals surface area contributed by atoms with Gasteiger partial charge in [-0.15, -0.1) is 0 Å². The van der Waals surface area contributed by atoms with Crippen molar-refractivity contribution in [2.24, 2.45) is 0 Å². The molecule has 1 N–H and O–H groups in total. The van der Waals surface area contributed by atoms with Gasteiger partial charge in [0.15, 0.2) is 0 Å². The lowest BCUT2D eigenvalue weighted by molar-refractivity contribution is -0.137. The molecule has 106 valence electrons. The third kappa shape index (κ3) is 3.97. The highest BCUT2D eigenvalue weighted by Crippen LogP contribution is 2.17. The van der Waals surface area contributed by atoms with Crippen molar-refractivity contribution in [1.82, 2.24) is 4.90 Å². The minimum absolute atomic E-state index is 0.246. The van der Waals surface area contributed by atoms with E-state index in [0.29, 0.717) is 12.0 Å². The molecule has 1 heterocycles. The lowest BCUT2D eigenvalue weighted by atomic mass is 10.2. The number of benzene rings is 1. The summed E-state index contributed by atoms with van der Waals surface area (Å²) in [4.78, 5) is 15.1. The zero-order chi connectivity index (χ0) is 14.4. The molecule has 20 heavy (non-hydrogen) atoms. The van der Waals surface area contributed by atoms with E-state index in [9.17, 15) is 4.79 Å². The van der Waals surface area contributed by atoms with Crippen molar-refractivity contribution in [3.05, 3.63) is 29.8 Å². The fourth-order valence-electron chi connectivity index (χ4n) is 2.43. The van der Waals surface area contributed by atoms with E-state index in [-0.39, 0.29) is 6.42 Å². The normalized spacial score (nSPS) is 15.8. The van der Waals surface area contributed by atoms with E-state index < -0.39 is 5.97 Å². The molecule has 1 aliphatic heterocycles. The molecule has 0 aliphatic carbocycles. The molecular weight excluding hydrogens is 254 g/mol. The molecule has 1 saturated heterocycles. The minimum Gasteiger partial charge on any atom is -0.481 e. The van der Waals surface area contributed by atoms with Gasteiger partial charge in [0.25, 0.3) is 0 Å². The maximum atomic E-state index is 10.5. The van der Waals surface area contributed by atoms with E-state index in [0.717, 1.165) is 38.4 Å². The highest BCUT2D eigenvalue weighted by Gasteiger charge is 2.16. The van der Waals surface area contributed by atoms with Gasteiger partial charge in [-0.3, -0.25) is 9.69 Å². The number of nitriles is 1. The predicted octanol–water partition coefficient (Wildman–Crippen LogP) is 1.55. The Bertz CT molecular complexity index is 485. The van der Waals surface area contributed by atoms with Crippen molar-refractivity contribution in [3.63, 3.8) is 0 Å². The number of carboxylic acids is 1. The second-order valence-corrected chi connectivity index (χ2v) is 4.98. The number of hydrogen-bond donors (Lipinski definition) is 1. The summed E-state index contributed by atoms with van der Waals surface area (Å²) in [5.41, 5.74) is 1.83. The molecule has 1 fully saturated rings. The summed E-state index contributed by atoms with van der Waals surface area (Å²) in [5.74, 6) is -0.721. The molecule has 0 saturated carbocycles. The molecule has 1 aliphatic rings. The van der Waals surface area contributed by atoms with Crippen molar-refractivity contribution >= 4 is 11.7 Å². The first-order valence-corrected chi connectivity index (χ1v) is 6.88. The van der Waals surface area contributed by atoms with Crippen molar-refractivity contribution in [2.45, 2.75) is 12.8 Å². The molecule has 5 nitrogen and oxygen atoms in total. The fourth-order valence-corrected chi connectivity index (χ4v) is 2.43. The third-order valence-electron chi connectivity index (χ3n) is 3.60. The summed E-state index contributed by atoms with van der Waals surface area (Å²) >= 11 is 0. The summed E-state index contributed by atoms with van der Waals surface area (Å²) in [6.45, 7) is 4.66. The Labute approximate surface area is 119 Å². The average Bonchev–Trinajstić information content (AvgIpc) is 2.48. The summed E-state index contributed by atoms with van der Waals surface area (Å²) in [6, 6.07) is 9.77. The first-order valence-electron chi connectivity index (χ1n) is 6.88. The zero-order valence-corrected chi connectivity index (χ0v) is 11.5. The largest absolute Gasteiger partial charge is 0.481 e. The first-order chi connectivity index (χ1) is 9.69. The summed E-state index contributed by atoms with van der Waals surface area (Å²) in [7, 11) is 0. The molecule has 1 aromatic rings. The SMILES string of the molecule is N#Cc1ccc(N2CCN(CCCC(=O)O)CC2)cc1. The van der Waals surface area contributed by atoms with Crippen LogP contribution in [0.25, 0.3) is 0 Å². The van der Waals surface area contributed by atoms with Gasteiger partial charge >= 0.3 is 5.97 Å². The van der Waals surface area contributed by atoms with Crippen LogP contribution >= 0.6 is 0 Å². The van der Waals surface area contributed by atoms with Crippen LogP contribution in [0.1, 0.15) is 18.4 Å². The van der Waals surface area contributed by atoms with E-state index in [2.05, 4.69) is 15.9 Å². The topological polar surface area (TPSA) is 67.6 Å². The van der Waals surface area contributed by atoms with Gasteiger partial charge in [-0.25, -0.2) is 0 Å². The maximum Gasteiger partial charge on any atom is 0.303 e. The summed E-state index contributed by atoms with van der Waals surface area (Å²) in [6.07, 6.45) is 0.960. The number of aliphatic carboxylic acids is 1. The van der Waals surface area contributed by atoms with Crippen molar-refractivity contribution in [3.8, 4) is 6.07 Å². The van der Waals surface area contributed by atoms with Gasteiger partial charge in [0.1, 0.15) is 0 Å². The van der Waals surface area contributed by atoms with Crippen LogP contribution < -0.4 is 4.90 Å². The lowest BCUT2D eigenvalue weighted by Crippen LogP contribution is -2.46. The van der Waals surface area contributed by atoms with Gasteiger partial charge in [0, 0.05) is 38.3 Å². The van der Waals surface area contributed by atoms with Gasteiger partial charge < -0.3 is 10.0 Å². The molecule has 0 unspecified atom stereocenters. The fraction of sp³-hybridized carbons (Fsp3) is 0.467. The second-order valence-electron chi connectivity index (χ2n) is 4.98. The van der Waals surface area contributed by atoms with E-state index in [4.69, 9.17) is 10.4 Å². The van der Waals surface area contributed by atoms with Gasteiger partial charge in [0.2, 0.25) is 0 Å². The maximum absolute atomic E-state index is 10.5. The Balaban J connectivity index is 1.78. The Morgan fingerprint density at radius 3 is 2.40 bits per heavy atom. The van der Waals surface area contributed by atoms with Crippen LogP contribution in [0.2, 0.25) is 0 Å². The number of carbonyl (C=O) groups is 1. The molecule has 0 spiro atoms. The van der Waals surface area contributed by atoms with Crippen LogP contribution in [0.3, 0.4) is 0 Å². The first kappa shape index (κ1) is 14.4. The van der Waals surface area contributed by atoms with E-state index >= 15 is 0 Å². The molecule has 0 bridgehead atoms. The van der Waals surface area contributed by atoms with Crippen LogP contribution in [-0.4, -0.2) is 48.7 Å². The molecule has 1 aromatic carbocycles. The van der Waals surface area contributed by atoms with Crippen LogP contribution in [0.5, 0.6) is 0 Å². The summed E-state index contributed by atoms with van der Waals surface area (Å²) in [5, 5.41) is 17.4. The minimum atomic E-state index is -0.721. The molecule has 0 aromatic heterocycles. The monoisotopic (exact) mass is 273 g/mol. The van der Waals surface area contributed by atoms with Crippen molar-refractivity contribution < 1.29 is 9.90 Å². The predicted molar refractivity (Wildman–Crippen MR) is 76.7 cm³/mol. The second kappa shape index (κ2) is 6.92. The molecule has 2 rings (SSSR count). The molecule has 0 radical (unpaired) electrons. The Kier molecular flexibility index (Phi) is 4.97. The standard InChI is InChI=1S/C15H19N3O2/c16-12-13-3-5-14(6-4-13)18-10-8-17(9-11-18)7-1-2-15(19)20/h3-6H,1-2,7-11H2,(H,19,20). The van der Waals surface area contributed by atoms with Gasteiger partial charge in [-0.05, 0) is 37.2 Å². The smallest absolute Gasteiger partial charge is 0.303 e. The Hall–Kier alpha value is -2.06. The van der Waals surface area contributed by atoms with Gasteiger partial charge in [-0.2, -0.15) is 5.26 Å². The molecule has 5 heteroatoms. The number of rotatable bonds is 5. The number of carboxylic acid groups (broad SMARTS) is 1. The van der Waals surface area contributed by atoms with Gasteiger partial charge in [-0.1, -0.05) is 0 Å². The number of hydrogen-bond acceptors (Lipinski definition) is 4. The van der Waals surface area contributed by atoms with Crippen LogP contribution in [0.15, 0.2) is 24.3 Å². The third-order valence-corrected chi connectivity index (χ3v) is 3.60. The highest BCUT2D eigenvalue weighted by molar-refractivity contribution is 5.66.